The minimum atomic E-state index is -4.04. The van der Waals surface area contributed by atoms with Crippen molar-refractivity contribution in [3.63, 3.8) is 0 Å². The number of oxazole rings is 1. The van der Waals surface area contributed by atoms with Gasteiger partial charge in [-0.1, -0.05) is 6.07 Å². The molecule has 0 saturated carbocycles. The van der Waals surface area contributed by atoms with Crippen LogP contribution in [0.3, 0.4) is 0 Å². The second-order valence-electron chi connectivity index (χ2n) is 6.65. The van der Waals surface area contributed by atoms with E-state index in [0.717, 1.165) is 5.56 Å². The normalized spacial score (nSPS) is 13.2. The van der Waals surface area contributed by atoms with E-state index in [9.17, 15) is 8.42 Å². The summed E-state index contributed by atoms with van der Waals surface area (Å²) in [4.78, 5) is 8.30. The largest absolute Gasteiger partial charge is 0.486 e. The van der Waals surface area contributed by atoms with Gasteiger partial charge in [-0.15, -0.1) is 0 Å². The van der Waals surface area contributed by atoms with Gasteiger partial charge in [0.1, 0.15) is 13.2 Å². The van der Waals surface area contributed by atoms with Crippen molar-refractivity contribution in [2.75, 3.05) is 18.5 Å². The number of ether oxygens (including phenoxy) is 2. The van der Waals surface area contributed by atoms with Gasteiger partial charge in [-0.3, -0.25) is 4.98 Å². The van der Waals surface area contributed by atoms with Gasteiger partial charge < -0.3 is 23.6 Å². The number of anilines is 1. The highest BCUT2D eigenvalue weighted by molar-refractivity contribution is 7.91. The molecule has 0 unspecified atom stereocenters. The van der Waals surface area contributed by atoms with Crippen molar-refractivity contribution in [2.24, 2.45) is 0 Å². The highest BCUT2D eigenvalue weighted by atomic mass is 32.2. The third-order valence-corrected chi connectivity index (χ3v) is 6.24. The summed E-state index contributed by atoms with van der Waals surface area (Å²) in [5.41, 5.74) is 0.848. The molecule has 1 aromatic carbocycles. The molecule has 0 amide bonds. The monoisotopic (exact) mass is 439 g/mol. The van der Waals surface area contributed by atoms with Gasteiger partial charge in [0, 0.05) is 25.0 Å². The van der Waals surface area contributed by atoms with Crippen molar-refractivity contribution in [3.8, 4) is 23.1 Å². The smallest absolute Gasteiger partial charge is 0.266 e. The van der Waals surface area contributed by atoms with Crippen LogP contribution in [0.1, 0.15) is 5.56 Å². The Labute approximate surface area is 177 Å². The van der Waals surface area contributed by atoms with E-state index in [4.69, 9.17) is 18.3 Å². The van der Waals surface area contributed by atoms with Crippen LogP contribution in [0.5, 0.6) is 11.5 Å². The SMILES string of the molecule is O=S(=O)(c1ccc2c(c1)OCCO2)c1nc(-c2ccco2)oc1NCc1cccnc1. The van der Waals surface area contributed by atoms with Crippen molar-refractivity contribution in [2.45, 2.75) is 16.5 Å². The molecule has 9 nitrogen and oxygen atoms in total. The summed E-state index contributed by atoms with van der Waals surface area (Å²) in [5, 5.41) is 2.75. The lowest BCUT2D eigenvalue weighted by atomic mass is 10.3. The third-order valence-electron chi connectivity index (χ3n) is 4.58. The Hall–Kier alpha value is -3.79. The maximum atomic E-state index is 13.4. The van der Waals surface area contributed by atoms with Crippen LogP contribution in [0.2, 0.25) is 0 Å². The van der Waals surface area contributed by atoms with Gasteiger partial charge in [0.05, 0.1) is 11.2 Å². The van der Waals surface area contributed by atoms with E-state index < -0.39 is 9.84 Å². The first-order valence-electron chi connectivity index (χ1n) is 9.43. The number of fused-ring (bicyclic) bond motifs is 1. The summed E-state index contributed by atoms with van der Waals surface area (Å²) >= 11 is 0. The van der Waals surface area contributed by atoms with E-state index in [1.807, 2.05) is 6.07 Å². The number of hydrogen-bond donors (Lipinski definition) is 1. The van der Waals surface area contributed by atoms with Crippen molar-refractivity contribution >= 4 is 15.7 Å². The zero-order valence-electron chi connectivity index (χ0n) is 16.1. The molecular weight excluding hydrogens is 422 g/mol. The number of hydrogen-bond acceptors (Lipinski definition) is 9. The number of benzene rings is 1. The summed E-state index contributed by atoms with van der Waals surface area (Å²) in [7, 11) is -4.04. The van der Waals surface area contributed by atoms with E-state index in [1.165, 1.54) is 18.4 Å². The average molecular weight is 439 g/mol. The van der Waals surface area contributed by atoms with Crippen molar-refractivity contribution in [1.29, 1.82) is 0 Å². The molecule has 0 spiro atoms. The molecule has 0 bridgehead atoms. The predicted molar refractivity (Wildman–Crippen MR) is 109 cm³/mol. The van der Waals surface area contributed by atoms with Gasteiger partial charge in [-0.25, -0.2) is 8.42 Å². The fourth-order valence-corrected chi connectivity index (χ4v) is 4.39. The van der Waals surface area contributed by atoms with Crippen LogP contribution < -0.4 is 14.8 Å². The molecule has 0 fully saturated rings. The molecule has 1 aliphatic rings. The Kier molecular flexibility index (Phi) is 4.83. The molecule has 4 aromatic rings. The van der Waals surface area contributed by atoms with Crippen LogP contribution in [0.4, 0.5) is 5.88 Å². The lowest BCUT2D eigenvalue weighted by Crippen LogP contribution is -2.16. The van der Waals surface area contributed by atoms with Gasteiger partial charge >= 0.3 is 0 Å². The number of rotatable bonds is 6. The van der Waals surface area contributed by atoms with Crippen molar-refractivity contribution in [1.82, 2.24) is 9.97 Å². The summed E-state index contributed by atoms with van der Waals surface area (Å²) in [5.74, 6) is 1.23. The molecule has 0 aliphatic carbocycles. The van der Waals surface area contributed by atoms with Gasteiger partial charge in [0.15, 0.2) is 17.3 Å². The molecule has 5 rings (SSSR count). The molecule has 31 heavy (non-hydrogen) atoms. The molecule has 0 saturated heterocycles. The summed E-state index contributed by atoms with van der Waals surface area (Å²) in [6, 6.07) is 11.4. The summed E-state index contributed by atoms with van der Waals surface area (Å²) in [6.45, 7) is 1.06. The van der Waals surface area contributed by atoms with Crippen LogP contribution in [0.15, 0.2) is 79.9 Å². The molecule has 1 N–H and O–H groups in total. The van der Waals surface area contributed by atoms with Crippen LogP contribution >= 0.6 is 0 Å². The Balaban J connectivity index is 1.54. The fraction of sp³-hybridized carbons (Fsp3) is 0.143. The number of sulfone groups is 1. The molecule has 0 atom stereocenters. The zero-order chi connectivity index (χ0) is 21.3. The number of furan rings is 1. The third kappa shape index (κ3) is 3.73. The first-order chi connectivity index (χ1) is 15.1. The highest BCUT2D eigenvalue weighted by Crippen LogP contribution is 2.37. The quantitative estimate of drug-likeness (QED) is 0.481. The predicted octanol–water partition coefficient (Wildman–Crippen LogP) is 3.55. The number of nitrogens with zero attached hydrogens (tertiary/aromatic N) is 2. The lowest BCUT2D eigenvalue weighted by molar-refractivity contribution is 0.171. The van der Waals surface area contributed by atoms with Crippen LogP contribution in [-0.2, 0) is 16.4 Å². The van der Waals surface area contributed by atoms with E-state index >= 15 is 0 Å². The molecule has 10 heteroatoms. The van der Waals surface area contributed by atoms with Crippen LogP contribution in [0.25, 0.3) is 11.7 Å². The molecule has 0 radical (unpaired) electrons. The van der Waals surface area contributed by atoms with Gasteiger partial charge in [0.2, 0.25) is 20.7 Å². The first kappa shape index (κ1) is 19.2. The summed E-state index contributed by atoms with van der Waals surface area (Å²) < 4.78 is 48.9. The van der Waals surface area contributed by atoms with E-state index in [-0.39, 0.29) is 21.7 Å². The zero-order valence-corrected chi connectivity index (χ0v) is 17.0. The maximum Gasteiger partial charge on any atom is 0.266 e. The number of aromatic nitrogens is 2. The van der Waals surface area contributed by atoms with Crippen LogP contribution in [-0.4, -0.2) is 31.6 Å². The molecule has 4 heterocycles. The van der Waals surface area contributed by atoms with E-state index in [2.05, 4.69) is 15.3 Å². The van der Waals surface area contributed by atoms with Crippen molar-refractivity contribution < 1.29 is 26.7 Å². The number of nitrogens with one attached hydrogen (secondary N) is 1. The van der Waals surface area contributed by atoms with E-state index in [0.29, 0.717) is 37.0 Å². The summed E-state index contributed by atoms with van der Waals surface area (Å²) in [6.07, 6.45) is 4.79. The van der Waals surface area contributed by atoms with Crippen LogP contribution in [0, 0.1) is 0 Å². The van der Waals surface area contributed by atoms with E-state index in [1.54, 1.807) is 36.7 Å². The van der Waals surface area contributed by atoms with Gasteiger partial charge in [0.25, 0.3) is 5.89 Å². The Morgan fingerprint density at radius 3 is 2.68 bits per heavy atom. The molecule has 1 aliphatic heterocycles. The fourth-order valence-electron chi connectivity index (χ4n) is 3.09. The Morgan fingerprint density at radius 2 is 1.90 bits per heavy atom. The van der Waals surface area contributed by atoms with Gasteiger partial charge in [-0.05, 0) is 35.9 Å². The number of pyridine rings is 1. The maximum absolute atomic E-state index is 13.4. The van der Waals surface area contributed by atoms with Crippen molar-refractivity contribution in [3.05, 3.63) is 66.7 Å². The highest BCUT2D eigenvalue weighted by Gasteiger charge is 2.30. The second-order valence-corrected chi connectivity index (χ2v) is 8.52. The van der Waals surface area contributed by atoms with Gasteiger partial charge in [-0.2, -0.15) is 4.98 Å². The standard InChI is InChI=1S/C21H17N3O6S/c25-31(26,15-5-6-16-18(11-15)29-10-9-28-16)21-20(23-13-14-3-1-7-22-12-14)30-19(24-21)17-4-2-8-27-17/h1-8,11-12,23H,9-10,13H2. The molecular formula is C21H17N3O6S. The first-order valence-corrected chi connectivity index (χ1v) is 10.9. The average Bonchev–Trinajstić information content (AvgIpc) is 3.48. The molecule has 3 aromatic heterocycles. The topological polar surface area (TPSA) is 117 Å². The molecule has 158 valence electrons. The second kappa shape index (κ2) is 7.80. The lowest BCUT2D eigenvalue weighted by Gasteiger charge is -2.18. The minimum absolute atomic E-state index is 0.00476. The minimum Gasteiger partial charge on any atom is -0.486 e. The Bertz CT molecular complexity index is 1300. The Morgan fingerprint density at radius 1 is 1.03 bits per heavy atom.